The minimum absolute atomic E-state index is 0.149. The number of hydrogen-bond acceptors (Lipinski definition) is 2. The molecule has 1 saturated carbocycles. The van der Waals surface area contributed by atoms with Gasteiger partial charge in [0.1, 0.15) is 0 Å². The lowest BCUT2D eigenvalue weighted by Gasteiger charge is -2.40. The van der Waals surface area contributed by atoms with Crippen LogP contribution in [0.4, 0.5) is 0 Å². The minimum Gasteiger partial charge on any atom is -0.479 e. The van der Waals surface area contributed by atoms with Crippen LogP contribution in [0, 0.1) is 5.92 Å². The van der Waals surface area contributed by atoms with E-state index in [-0.39, 0.29) is 18.3 Å². The van der Waals surface area contributed by atoms with Crippen molar-refractivity contribution < 1.29 is 15.0 Å². The summed E-state index contributed by atoms with van der Waals surface area (Å²) in [5, 5.41) is 20.0. The van der Waals surface area contributed by atoms with E-state index in [0.29, 0.717) is 0 Å². The van der Waals surface area contributed by atoms with E-state index >= 15 is 0 Å². The average molecular weight is 262 g/mol. The Morgan fingerprint density at radius 2 is 1.89 bits per heavy atom. The van der Waals surface area contributed by atoms with Crippen molar-refractivity contribution in [1.82, 2.24) is 0 Å². The Bertz CT molecular complexity index is 429. The van der Waals surface area contributed by atoms with Crippen LogP contribution in [0.2, 0.25) is 0 Å². The second-order valence-corrected chi connectivity index (χ2v) is 5.49. The van der Waals surface area contributed by atoms with Gasteiger partial charge in [0.25, 0.3) is 0 Å². The molecule has 3 atom stereocenters. The molecule has 3 nitrogen and oxygen atoms in total. The molecule has 0 bridgehead atoms. The van der Waals surface area contributed by atoms with Crippen molar-refractivity contribution in [2.45, 2.75) is 50.5 Å². The molecular formula is C16H22O3. The number of carbonyl (C=O) groups is 1. The summed E-state index contributed by atoms with van der Waals surface area (Å²) in [6, 6.07) is 10.0. The number of hydrogen-bond donors (Lipinski definition) is 2. The van der Waals surface area contributed by atoms with Crippen LogP contribution in [-0.2, 0) is 4.79 Å². The van der Waals surface area contributed by atoms with E-state index in [0.717, 1.165) is 31.2 Å². The number of aliphatic carboxylic acids is 1. The lowest BCUT2D eigenvalue weighted by molar-refractivity contribution is -0.168. The Morgan fingerprint density at radius 1 is 1.26 bits per heavy atom. The molecule has 3 heteroatoms. The smallest absolute Gasteiger partial charge is 0.335 e. The first kappa shape index (κ1) is 14.1. The van der Waals surface area contributed by atoms with Gasteiger partial charge in [0, 0.05) is 5.92 Å². The molecule has 0 radical (unpaired) electrons. The van der Waals surface area contributed by atoms with Crippen LogP contribution in [0.1, 0.15) is 50.5 Å². The summed E-state index contributed by atoms with van der Waals surface area (Å²) in [4.78, 5) is 11.5. The minimum atomic E-state index is -1.60. The van der Waals surface area contributed by atoms with Gasteiger partial charge in [-0.2, -0.15) is 0 Å². The predicted molar refractivity (Wildman–Crippen MR) is 74.0 cm³/mol. The lowest BCUT2D eigenvalue weighted by atomic mass is 9.67. The molecule has 19 heavy (non-hydrogen) atoms. The normalized spacial score (nSPS) is 26.6. The zero-order valence-corrected chi connectivity index (χ0v) is 11.4. The summed E-state index contributed by atoms with van der Waals surface area (Å²) < 4.78 is 0. The number of rotatable bonds is 4. The Labute approximate surface area is 114 Å². The molecule has 0 aliphatic heterocycles. The molecule has 1 aromatic carbocycles. The van der Waals surface area contributed by atoms with Crippen molar-refractivity contribution in [3.63, 3.8) is 0 Å². The molecule has 1 aromatic rings. The standard InChI is InChI=1S/C16H22O3/c1-2-16(19,15(17)18)14-11-7-6-10-13(14)12-8-4-3-5-9-12/h3-5,8-9,13-14,19H,2,6-7,10-11H2,1H3,(H,17,18). The zero-order valence-electron chi connectivity index (χ0n) is 11.4. The van der Waals surface area contributed by atoms with Gasteiger partial charge in [-0.1, -0.05) is 50.1 Å². The third-order valence-corrected chi connectivity index (χ3v) is 4.52. The van der Waals surface area contributed by atoms with Crippen LogP contribution >= 0.6 is 0 Å². The average Bonchev–Trinajstić information content (AvgIpc) is 2.47. The molecule has 0 amide bonds. The first-order chi connectivity index (χ1) is 9.09. The molecular weight excluding hydrogens is 240 g/mol. The van der Waals surface area contributed by atoms with Gasteiger partial charge in [0.2, 0.25) is 0 Å². The van der Waals surface area contributed by atoms with Crippen molar-refractivity contribution in [1.29, 1.82) is 0 Å². The van der Waals surface area contributed by atoms with E-state index in [2.05, 4.69) is 0 Å². The summed E-state index contributed by atoms with van der Waals surface area (Å²) in [5.74, 6) is -1.12. The molecule has 3 unspecified atom stereocenters. The molecule has 0 aromatic heterocycles. The molecule has 104 valence electrons. The predicted octanol–water partition coefficient (Wildman–Crippen LogP) is 3.19. The highest BCUT2D eigenvalue weighted by molar-refractivity contribution is 5.77. The van der Waals surface area contributed by atoms with Crippen LogP contribution in [0.25, 0.3) is 0 Å². The highest BCUT2D eigenvalue weighted by Crippen LogP contribution is 2.44. The van der Waals surface area contributed by atoms with Crippen molar-refractivity contribution in [3.05, 3.63) is 35.9 Å². The summed E-state index contributed by atoms with van der Waals surface area (Å²) in [7, 11) is 0. The molecule has 2 rings (SSSR count). The van der Waals surface area contributed by atoms with Crippen molar-refractivity contribution in [2.24, 2.45) is 5.92 Å². The largest absolute Gasteiger partial charge is 0.479 e. The fourth-order valence-electron chi connectivity index (χ4n) is 3.37. The molecule has 1 fully saturated rings. The molecule has 0 heterocycles. The molecule has 1 aliphatic rings. The zero-order chi connectivity index (χ0) is 13.9. The fraction of sp³-hybridized carbons (Fsp3) is 0.562. The lowest BCUT2D eigenvalue weighted by Crippen LogP contribution is -2.48. The summed E-state index contributed by atoms with van der Waals surface area (Å²) in [6.45, 7) is 1.75. The maximum atomic E-state index is 11.5. The summed E-state index contributed by atoms with van der Waals surface area (Å²) >= 11 is 0. The maximum Gasteiger partial charge on any atom is 0.335 e. The first-order valence-electron chi connectivity index (χ1n) is 7.10. The molecule has 0 saturated heterocycles. The second kappa shape index (κ2) is 5.74. The SMILES string of the molecule is CCC(O)(C(=O)O)C1CCCCC1c1ccccc1. The fourth-order valence-corrected chi connectivity index (χ4v) is 3.37. The van der Waals surface area contributed by atoms with Crippen LogP contribution in [0.15, 0.2) is 30.3 Å². The van der Waals surface area contributed by atoms with Gasteiger partial charge < -0.3 is 10.2 Å². The molecule has 0 spiro atoms. The van der Waals surface area contributed by atoms with Gasteiger partial charge in [0.15, 0.2) is 5.60 Å². The van der Waals surface area contributed by atoms with Gasteiger partial charge >= 0.3 is 5.97 Å². The number of carboxylic acids is 1. The van der Waals surface area contributed by atoms with E-state index < -0.39 is 11.6 Å². The third kappa shape index (κ3) is 2.66. The Morgan fingerprint density at radius 3 is 2.47 bits per heavy atom. The highest BCUT2D eigenvalue weighted by Gasteiger charge is 2.47. The number of carboxylic acid groups (broad SMARTS) is 1. The number of benzene rings is 1. The number of aliphatic hydroxyl groups is 1. The van der Waals surface area contributed by atoms with Gasteiger partial charge in [-0.15, -0.1) is 0 Å². The van der Waals surface area contributed by atoms with E-state index in [4.69, 9.17) is 0 Å². The van der Waals surface area contributed by atoms with Crippen LogP contribution in [0.5, 0.6) is 0 Å². The molecule has 2 N–H and O–H groups in total. The second-order valence-electron chi connectivity index (χ2n) is 5.49. The molecule has 1 aliphatic carbocycles. The summed E-state index contributed by atoms with van der Waals surface area (Å²) in [5.41, 5.74) is -0.443. The van der Waals surface area contributed by atoms with Gasteiger partial charge in [-0.25, -0.2) is 4.79 Å². The van der Waals surface area contributed by atoms with Gasteiger partial charge in [0.05, 0.1) is 0 Å². The topological polar surface area (TPSA) is 57.5 Å². The van der Waals surface area contributed by atoms with E-state index in [1.807, 2.05) is 30.3 Å². The van der Waals surface area contributed by atoms with Crippen LogP contribution in [-0.4, -0.2) is 21.8 Å². The van der Waals surface area contributed by atoms with E-state index in [1.54, 1.807) is 6.92 Å². The maximum absolute atomic E-state index is 11.5. The highest BCUT2D eigenvalue weighted by atomic mass is 16.4. The van der Waals surface area contributed by atoms with Crippen LogP contribution < -0.4 is 0 Å². The Balaban J connectivity index is 2.33. The quantitative estimate of drug-likeness (QED) is 0.876. The van der Waals surface area contributed by atoms with E-state index in [9.17, 15) is 15.0 Å². The van der Waals surface area contributed by atoms with Crippen molar-refractivity contribution >= 4 is 5.97 Å². The monoisotopic (exact) mass is 262 g/mol. The van der Waals surface area contributed by atoms with Crippen molar-refractivity contribution in [3.8, 4) is 0 Å². The third-order valence-electron chi connectivity index (χ3n) is 4.52. The van der Waals surface area contributed by atoms with Crippen LogP contribution in [0.3, 0.4) is 0 Å². The van der Waals surface area contributed by atoms with Crippen molar-refractivity contribution in [2.75, 3.05) is 0 Å². The van der Waals surface area contributed by atoms with E-state index in [1.165, 1.54) is 0 Å². The van der Waals surface area contributed by atoms with Gasteiger partial charge in [-0.05, 0) is 30.7 Å². The Kier molecular flexibility index (Phi) is 4.25. The van der Waals surface area contributed by atoms with Gasteiger partial charge in [-0.3, -0.25) is 0 Å². The summed E-state index contributed by atoms with van der Waals surface area (Å²) in [6.07, 6.45) is 4.12. The first-order valence-corrected chi connectivity index (χ1v) is 7.10. The Hall–Kier alpha value is -1.35.